The molecule has 0 unspecified atom stereocenters. The number of hydrogen-bond acceptors (Lipinski definition) is 5. The molecule has 0 bridgehead atoms. The number of hydrogen-bond donors (Lipinski definition) is 3. The zero-order valence-electron chi connectivity index (χ0n) is 14.7. The van der Waals surface area contributed by atoms with Crippen molar-refractivity contribution in [1.29, 1.82) is 0 Å². The van der Waals surface area contributed by atoms with E-state index in [0.717, 1.165) is 19.3 Å². The molecule has 1 aliphatic carbocycles. The van der Waals surface area contributed by atoms with Crippen molar-refractivity contribution >= 4 is 5.91 Å². The number of aliphatic hydroxyl groups is 2. The molecule has 1 heterocycles. The molecule has 1 aromatic rings. The first-order valence-corrected chi connectivity index (χ1v) is 8.74. The van der Waals surface area contributed by atoms with Crippen LogP contribution in [0.2, 0.25) is 0 Å². The van der Waals surface area contributed by atoms with E-state index in [1.54, 1.807) is 6.20 Å². The molecule has 1 fully saturated rings. The van der Waals surface area contributed by atoms with E-state index in [2.05, 4.69) is 24.3 Å². The molecule has 1 aliphatic rings. The number of aliphatic hydroxyl groups excluding tert-OH is 2. The molecule has 24 heavy (non-hydrogen) atoms. The lowest BCUT2D eigenvalue weighted by atomic mass is 9.58. The summed E-state index contributed by atoms with van der Waals surface area (Å²) < 4.78 is 7.30. The van der Waals surface area contributed by atoms with Gasteiger partial charge in [0.25, 0.3) is 5.91 Å². The summed E-state index contributed by atoms with van der Waals surface area (Å²) in [4.78, 5) is 12.5. The van der Waals surface area contributed by atoms with Gasteiger partial charge in [0.1, 0.15) is 0 Å². The van der Waals surface area contributed by atoms with E-state index >= 15 is 0 Å². The van der Waals surface area contributed by atoms with E-state index in [-0.39, 0.29) is 36.6 Å². The Balaban J connectivity index is 1.99. The Hall–Kier alpha value is -1.44. The van der Waals surface area contributed by atoms with Crippen LogP contribution in [-0.4, -0.2) is 57.4 Å². The largest absolute Gasteiger partial charge is 0.394 e. The monoisotopic (exact) mass is 339 g/mol. The van der Waals surface area contributed by atoms with Gasteiger partial charge in [0.2, 0.25) is 0 Å². The topological polar surface area (TPSA) is 96.6 Å². The number of nitrogens with zero attached hydrogens (tertiary/aromatic N) is 2. The van der Waals surface area contributed by atoms with Gasteiger partial charge in [-0.1, -0.05) is 13.8 Å². The smallest absolute Gasteiger partial charge is 0.254 e. The number of carbonyl (C=O) groups is 1. The van der Waals surface area contributed by atoms with Crippen LogP contribution in [-0.2, 0) is 11.3 Å². The maximum atomic E-state index is 12.5. The second-order valence-corrected chi connectivity index (χ2v) is 6.43. The van der Waals surface area contributed by atoms with E-state index in [0.29, 0.717) is 12.2 Å². The molecule has 1 aromatic heterocycles. The average Bonchev–Trinajstić information content (AvgIpc) is 3.03. The molecule has 0 spiro atoms. The highest BCUT2D eigenvalue weighted by Crippen LogP contribution is 2.48. The third-order valence-corrected chi connectivity index (χ3v) is 5.28. The Morgan fingerprint density at radius 2 is 2.21 bits per heavy atom. The molecule has 1 saturated carbocycles. The lowest BCUT2D eigenvalue weighted by Crippen LogP contribution is -2.64. The molecule has 3 atom stereocenters. The van der Waals surface area contributed by atoms with Gasteiger partial charge >= 0.3 is 0 Å². The predicted molar refractivity (Wildman–Crippen MR) is 89.6 cm³/mol. The van der Waals surface area contributed by atoms with E-state index in [1.807, 2.05) is 6.92 Å². The molecule has 3 N–H and O–H groups in total. The number of aromatic nitrogens is 2. The maximum absolute atomic E-state index is 12.5. The quantitative estimate of drug-likeness (QED) is 0.622. The summed E-state index contributed by atoms with van der Waals surface area (Å²) in [6.07, 6.45) is 5.14. The Morgan fingerprint density at radius 3 is 2.79 bits per heavy atom. The van der Waals surface area contributed by atoms with Gasteiger partial charge < -0.3 is 20.3 Å². The zero-order valence-corrected chi connectivity index (χ0v) is 14.7. The predicted octanol–water partition coefficient (Wildman–Crippen LogP) is 0.950. The van der Waals surface area contributed by atoms with Crippen LogP contribution in [0.1, 0.15) is 50.4 Å². The Morgan fingerprint density at radius 1 is 1.50 bits per heavy atom. The molecule has 1 amide bonds. The molecule has 7 heteroatoms. The van der Waals surface area contributed by atoms with Gasteiger partial charge in [0.15, 0.2) is 0 Å². The fraction of sp³-hybridized carbons (Fsp3) is 0.765. The van der Waals surface area contributed by atoms with Crippen molar-refractivity contribution in [3.63, 3.8) is 0 Å². The number of nitrogens with one attached hydrogen (secondary N) is 1. The van der Waals surface area contributed by atoms with Crippen molar-refractivity contribution in [1.82, 2.24) is 15.1 Å². The third kappa shape index (κ3) is 3.63. The lowest BCUT2D eigenvalue weighted by Gasteiger charge is -2.55. The highest BCUT2D eigenvalue weighted by molar-refractivity contribution is 5.94. The third-order valence-electron chi connectivity index (χ3n) is 5.28. The van der Waals surface area contributed by atoms with E-state index in [4.69, 9.17) is 9.84 Å². The zero-order chi connectivity index (χ0) is 17.7. The second-order valence-electron chi connectivity index (χ2n) is 6.43. The Bertz CT molecular complexity index is 542. The van der Waals surface area contributed by atoms with Gasteiger partial charge in [-0.3, -0.25) is 9.48 Å². The highest BCUT2D eigenvalue weighted by Gasteiger charge is 2.53. The fourth-order valence-electron chi connectivity index (χ4n) is 3.68. The molecule has 0 aromatic carbocycles. The van der Waals surface area contributed by atoms with Gasteiger partial charge in [-0.2, -0.15) is 5.10 Å². The summed E-state index contributed by atoms with van der Waals surface area (Å²) in [5, 5.41) is 25.5. The maximum Gasteiger partial charge on any atom is 0.254 e. The molecule has 2 rings (SSSR count). The van der Waals surface area contributed by atoms with Crippen LogP contribution in [0.3, 0.4) is 0 Å². The number of amides is 1. The van der Waals surface area contributed by atoms with Crippen molar-refractivity contribution in [3.8, 4) is 0 Å². The van der Waals surface area contributed by atoms with Crippen LogP contribution < -0.4 is 5.32 Å². The summed E-state index contributed by atoms with van der Waals surface area (Å²) >= 11 is 0. The van der Waals surface area contributed by atoms with Crippen LogP contribution in [0, 0.1) is 5.41 Å². The van der Waals surface area contributed by atoms with Gasteiger partial charge in [-0.05, 0) is 26.2 Å². The molecule has 0 aliphatic heterocycles. The van der Waals surface area contributed by atoms with Crippen LogP contribution in [0.25, 0.3) is 0 Å². The average molecular weight is 339 g/mol. The molecule has 0 saturated heterocycles. The minimum absolute atomic E-state index is 0.00521. The Kier molecular flexibility index (Phi) is 6.37. The van der Waals surface area contributed by atoms with Crippen molar-refractivity contribution < 1.29 is 19.7 Å². The van der Waals surface area contributed by atoms with Gasteiger partial charge in [-0.25, -0.2) is 0 Å². The molecule has 0 radical (unpaired) electrons. The Labute approximate surface area is 143 Å². The minimum atomic E-state index is -0.882. The normalized spacial score (nSPS) is 23.5. The SMILES string of the molecule is CCO[C@@H]1C[C@@H](NC(=O)c2cnn(C[C@H](O)CO)c2)C1(CC)CC. The summed E-state index contributed by atoms with van der Waals surface area (Å²) in [6.45, 7) is 6.79. The van der Waals surface area contributed by atoms with Gasteiger partial charge in [0.05, 0.1) is 37.1 Å². The van der Waals surface area contributed by atoms with Crippen LogP contribution in [0.4, 0.5) is 0 Å². The first kappa shape index (κ1) is 18.9. The first-order valence-electron chi connectivity index (χ1n) is 8.74. The first-order chi connectivity index (χ1) is 11.5. The highest BCUT2D eigenvalue weighted by atomic mass is 16.5. The summed E-state index contributed by atoms with van der Waals surface area (Å²) in [5.41, 5.74) is 0.454. The van der Waals surface area contributed by atoms with E-state index in [9.17, 15) is 9.90 Å². The summed E-state index contributed by atoms with van der Waals surface area (Å²) in [6, 6.07) is 0.0999. The number of rotatable bonds is 9. The van der Waals surface area contributed by atoms with Gasteiger partial charge in [0, 0.05) is 24.3 Å². The number of carbonyl (C=O) groups excluding carboxylic acids is 1. The van der Waals surface area contributed by atoms with Crippen LogP contribution >= 0.6 is 0 Å². The van der Waals surface area contributed by atoms with Gasteiger partial charge in [-0.15, -0.1) is 0 Å². The van der Waals surface area contributed by atoms with E-state index in [1.165, 1.54) is 10.9 Å². The lowest BCUT2D eigenvalue weighted by molar-refractivity contribution is -0.134. The van der Waals surface area contributed by atoms with Crippen molar-refractivity contribution in [3.05, 3.63) is 18.0 Å². The van der Waals surface area contributed by atoms with Crippen molar-refractivity contribution in [2.75, 3.05) is 13.2 Å². The standard InChI is InChI=1S/C17H29N3O4/c1-4-17(5-2)14(7-15(17)24-6-3)19-16(23)12-8-18-20(9-12)10-13(22)11-21/h8-9,13-15,21-22H,4-7,10-11H2,1-3H3,(H,19,23)/t13-,14+,15+/m0/s1. The second kappa shape index (κ2) is 8.09. The number of ether oxygens (including phenoxy) is 1. The molecular weight excluding hydrogens is 310 g/mol. The summed E-state index contributed by atoms with van der Waals surface area (Å²) in [7, 11) is 0. The van der Waals surface area contributed by atoms with Crippen LogP contribution in [0.5, 0.6) is 0 Å². The molecule has 136 valence electrons. The van der Waals surface area contributed by atoms with E-state index < -0.39 is 6.10 Å². The van der Waals surface area contributed by atoms with Crippen molar-refractivity contribution in [2.24, 2.45) is 5.41 Å². The fourth-order valence-corrected chi connectivity index (χ4v) is 3.68. The van der Waals surface area contributed by atoms with Crippen LogP contribution in [0.15, 0.2) is 12.4 Å². The molecular formula is C17H29N3O4. The van der Waals surface area contributed by atoms with Crippen molar-refractivity contribution in [2.45, 2.75) is 64.8 Å². The minimum Gasteiger partial charge on any atom is -0.394 e. The molecule has 7 nitrogen and oxygen atoms in total. The summed E-state index contributed by atoms with van der Waals surface area (Å²) in [5.74, 6) is -0.161.